The second kappa shape index (κ2) is 22.0. The number of phenolic OH excluding ortho intramolecular Hbond substituents is 1. The average Bonchev–Trinajstić information content (AvgIpc) is 3.24. The third kappa shape index (κ3) is 11.3. The lowest BCUT2D eigenvalue weighted by Gasteiger charge is -2.42. The first-order chi connectivity index (χ1) is 27.6. The molecule has 2 N–H and O–H groups in total. The van der Waals surface area contributed by atoms with Gasteiger partial charge in [-0.2, -0.15) is 0 Å². The summed E-state index contributed by atoms with van der Waals surface area (Å²) < 4.78 is 47.9. The van der Waals surface area contributed by atoms with Crippen LogP contribution in [0.2, 0.25) is 0 Å². The molecule has 0 bridgehead atoms. The molecule has 11 nitrogen and oxygen atoms in total. The SMILES string of the molecule is C=CC[C@@H]1c2ccc(OCOC)cc2OC[C@]1(C)c1ccc(OCOC)cc1.C=CC[C@H](c1ccc(OCOC)cc1O)[C@](C)(CO)c1ccc(OCOC)cc1. The number of aliphatic hydroxyl groups is 1. The highest BCUT2D eigenvalue weighted by Crippen LogP contribution is 2.49. The van der Waals surface area contributed by atoms with Crippen molar-refractivity contribution in [2.75, 3.05) is 68.8 Å². The van der Waals surface area contributed by atoms with Crippen LogP contribution in [0.1, 0.15) is 60.8 Å². The van der Waals surface area contributed by atoms with Crippen molar-refractivity contribution >= 4 is 0 Å². The highest BCUT2D eigenvalue weighted by Gasteiger charge is 2.42. The molecule has 0 fully saturated rings. The molecule has 4 atom stereocenters. The summed E-state index contributed by atoms with van der Waals surface area (Å²) in [6.07, 6.45) is 5.20. The molecule has 5 rings (SSSR count). The number of allylic oxidation sites excluding steroid dienone is 2. The van der Waals surface area contributed by atoms with Crippen LogP contribution in [0.15, 0.2) is 110 Å². The number of methoxy groups -OCH3 is 4. The highest BCUT2D eigenvalue weighted by molar-refractivity contribution is 5.49. The standard InChI is InChI=1S/C23H30O6.C23H28O5/c1-5-6-21(20-12-11-19(13-22(20)25)29-16-27-4)23(2,14-24)17-7-9-18(10-8-17)28-15-26-3;1-5-6-21-20-12-11-19(28-16-25-4)13-22(20)26-14-23(21,2)17-7-9-18(10-8-17)27-15-24-3/h5,7-13,21,24-25H,1,6,14-16H2,2-4H3;5,7-13,21H,1,6,14-16H2,2-4H3/t2*21-,23-/m11/s1. The Morgan fingerprint density at radius 1 is 0.737 bits per heavy atom. The van der Waals surface area contributed by atoms with Gasteiger partial charge in [-0.25, -0.2) is 0 Å². The molecule has 1 aliphatic rings. The van der Waals surface area contributed by atoms with E-state index in [0.29, 0.717) is 30.1 Å². The zero-order valence-electron chi connectivity index (χ0n) is 34.0. The van der Waals surface area contributed by atoms with E-state index in [1.165, 1.54) is 12.7 Å². The van der Waals surface area contributed by atoms with E-state index in [9.17, 15) is 10.2 Å². The van der Waals surface area contributed by atoms with Crippen molar-refractivity contribution in [2.45, 2.75) is 49.4 Å². The minimum Gasteiger partial charge on any atom is -0.508 e. The summed E-state index contributed by atoms with van der Waals surface area (Å²) in [4.78, 5) is 0. The Morgan fingerprint density at radius 3 is 1.75 bits per heavy atom. The van der Waals surface area contributed by atoms with Gasteiger partial charge in [-0.05, 0) is 71.5 Å². The maximum Gasteiger partial charge on any atom is 0.188 e. The second-order valence-corrected chi connectivity index (χ2v) is 14.1. The minimum atomic E-state index is -0.652. The number of benzene rings is 4. The highest BCUT2D eigenvalue weighted by atomic mass is 16.7. The number of aliphatic hydroxyl groups excluding tert-OH is 1. The molecule has 1 heterocycles. The smallest absolute Gasteiger partial charge is 0.188 e. The van der Waals surface area contributed by atoms with E-state index in [1.54, 1.807) is 39.5 Å². The van der Waals surface area contributed by atoms with Crippen molar-refractivity contribution in [3.63, 3.8) is 0 Å². The maximum absolute atomic E-state index is 10.7. The van der Waals surface area contributed by atoms with Gasteiger partial charge in [0.05, 0.1) is 13.2 Å². The predicted molar refractivity (Wildman–Crippen MR) is 220 cm³/mol. The Labute approximate surface area is 337 Å². The Hall–Kier alpha value is -5.04. The molecule has 1 aliphatic heterocycles. The van der Waals surface area contributed by atoms with Crippen LogP contribution >= 0.6 is 0 Å². The number of ether oxygens (including phenoxy) is 9. The van der Waals surface area contributed by atoms with Gasteiger partial charge in [0.25, 0.3) is 0 Å². The quantitative estimate of drug-likeness (QED) is 0.0624. The molecule has 0 aliphatic carbocycles. The van der Waals surface area contributed by atoms with Crippen molar-refractivity contribution in [2.24, 2.45) is 0 Å². The summed E-state index contributed by atoms with van der Waals surface area (Å²) in [7, 11) is 6.31. The summed E-state index contributed by atoms with van der Waals surface area (Å²) >= 11 is 0. The lowest BCUT2D eigenvalue weighted by atomic mass is 9.66. The van der Waals surface area contributed by atoms with Crippen LogP contribution in [0, 0.1) is 0 Å². The van der Waals surface area contributed by atoms with Crippen molar-refractivity contribution < 1.29 is 52.8 Å². The Kier molecular flexibility index (Phi) is 17.3. The topological polar surface area (TPSA) is 124 Å². The fraction of sp³-hybridized carbons (Fsp3) is 0.391. The van der Waals surface area contributed by atoms with Gasteiger partial charge >= 0.3 is 0 Å². The Bertz CT molecular complexity index is 1830. The zero-order valence-corrected chi connectivity index (χ0v) is 34.0. The molecule has 57 heavy (non-hydrogen) atoms. The largest absolute Gasteiger partial charge is 0.508 e. The molecule has 11 heteroatoms. The summed E-state index contributed by atoms with van der Waals surface area (Å²) in [6, 6.07) is 26.8. The van der Waals surface area contributed by atoms with Gasteiger partial charge in [0.2, 0.25) is 0 Å². The molecule has 0 amide bonds. The van der Waals surface area contributed by atoms with Crippen LogP contribution in [0.5, 0.6) is 34.5 Å². The number of hydrogen-bond acceptors (Lipinski definition) is 11. The normalized spacial score (nSPS) is 17.4. The number of aromatic hydroxyl groups is 1. The Balaban J connectivity index is 0.000000253. The van der Waals surface area contributed by atoms with E-state index in [4.69, 9.17) is 42.6 Å². The number of phenols is 1. The van der Waals surface area contributed by atoms with Gasteiger partial charge in [0.15, 0.2) is 27.2 Å². The molecular weight excluding hydrogens is 728 g/mol. The van der Waals surface area contributed by atoms with Gasteiger partial charge in [-0.3, -0.25) is 0 Å². The third-order valence-corrected chi connectivity index (χ3v) is 10.3. The first-order valence-electron chi connectivity index (χ1n) is 18.7. The molecule has 0 unspecified atom stereocenters. The number of hydrogen-bond donors (Lipinski definition) is 2. The van der Waals surface area contributed by atoms with Crippen LogP contribution < -0.4 is 23.7 Å². The Morgan fingerprint density at radius 2 is 1.25 bits per heavy atom. The van der Waals surface area contributed by atoms with Gasteiger partial charge in [0.1, 0.15) is 34.5 Å². The summed E-state index contributed by atoms with van der Waals surface area (Å²) in [5, 5.41) is 21.0. The minimum absolute atomic E-state index is 0.0979. The summed E-state index contributed by atoms with van der Waals surface area (Å²) in [5.41, 5.74) is 3.17. The van der Waals surface area contributed by atoms with E-state index in [1.807, 2.05) is 67.6 Å². The number of rotatable bonds is 21. The maximum atomic E-state index is 10.7. The fourth-order valence-corrected chi connectivity index (χ4v) is 7.11. The van der Waals surface area contributed by atoms with E-state index < -0.39 is 5.41 Å². The third-order valence-electron chi connectivity index (χ3n) is 10.3. The van der Waals surface area contributed by atoms with Crippen LogP contribution in [0.3, 0.4) is 0 Å². The van der Waals surface area contributed by atoms with Gasteiger partial charge in [-0.1, -0.05) is 62.4 Å². The predicted octanol–water partition coefficient (Wildman–Crippen LogP) is 8.63. The second-order valence-electron chi connectivity index (χ2n) is 14.1. The van der Waals surface area contributed by atoms with E-state index in [2.05, 4.69) is 38.3 Å². The van der Waals surface area contributed by atoms with Crippen molar-refractivity contribution in [3.8, 4) is 34.5 Å². The molecule has 0 aromatic heterocycles. The fourth-order valence-electron chi connectivity index (χ4n) is 7.11. The first kappa shape index (κ1) is 44.7. The lowest BCUT2D eigenvalue weighted by Crippen LogP contribution is -2.40. The molecule has 0 radical (unpaired) electrons. The van der Waals surface area contributed by atoms with Crippen LogP contribution in [0.4, 0.5) is 0 Å². The van der Waals surface area contributed by atoms with E-state index in [-0.39, 0.29) is 56.8 Å². The van der Waals surface area contributed by atoms with Crippen molar-refractivity contribution in [3.05, 3.63) is 132 Å². The van der Waals surface area contributed by atoms with E-state index >= 15 is 0 Å². The van der Waals surface area contributed by atoms with Gasteiger partial charge in [-0.15, -0.1) is 13.2 Å². The summed E-state index contributed by atoms with van der Waals surface area (Å²) in [5.74, 6) is 3.72. The molecule has 0 saturated heterocycles. The monoisotopic (exact) mass is 786 g/mol. The van der Waals surface area contributed by atoms with Crippen LogP contribution in [0.25, 0.3) is 0 Å². The number of fused-ring (bicyclic) bond motifs is 1. The zero-order chi connectivity index (χ0) is 41.3. The molecule has 308 valence electrons. The van der Waals surface area contributed by atoms with Crippen molar-refractivity contribution in [1.29, 1.82) is 0 Å². The molecule has 0 saturated carbocycles. The van der Waals surface area contributed by atoms with Gasteiger partial charge in [0, 0.05) is 63.2 Å². The van der Waals surface area contributed by atoms with Crippen LogP contribution in [-0.2, 0) is 29.8 Å². The molecule has 0 spiro atoms. The molecule has 4 aromatic rings. The van der Waals surface area contributed by atoms with Crippen LogP contribution in [-0.4, -0.2) is 79.0 Å². The molecular formula is C46H58O11. The van der Waals surface area contributed by atoms with E-state index in [0.717, 1.165) is 34.8 Å². The first-order valence-corrected chi connectivity index (χ1v) is 18.7. The average molecular weight is 787 g/mol. The summed E-state index contributed by atoms with van der Waals surface area (Å²) in [6.45, 7) is 13.2. The van der Waals surface area contributed by atoms with Crippen molar-refractivity contribution in [1.82, 2.24) is 0 Å². The lowest BCUT2D eigenvalue weighted by molar-refractivity contribution is 0.0505. The molecule has 4 aromatic carbocycles. The van der Waals surface area contributed by atoms with Gasteiger partial charge < -0.3 is 52.8 Å².